The molecule has 0 aromatic carbocycles. The molecule has 0 bridgehead atoms. The first-order chi connectivity index (χ1) is 8.08. The van der Waals surface area contributed by atoms with Gasteiger partial charge in [-0.2, -0.15) is 0 Å². The van der Waals surface area contributed by atoms with E-state index in [0.717, 1.165) is 25.7 Å². The average Bonchev–Trinajstić information content (AvgIpc) is 2.30. The number of hydrogen-bond acceptors (Lipinski definition) is 5. The minimum Gasteiger partial charge on any atom is -0.368 e. The SMILES string of the molecule is Nc1ncc(S(=O)(=O)NC2CCCCC2)cn1. The summed E-state index contributed by atoms with van der Waals surface area (Å²) in [6, 6.07) is 0.0336. The van der Waals surface area contributed by atoms with Gasteiger partial charge in [0.25, 0.3) is 0 Å². The largest absolute Gasteiger partial charge is 0.368 e. The highest BCUT2D eigenvalue weighted by molar-refractivity contribution is 7.89. The summed E-state index contributed by atoms with van der Waals surface area (Å²) in [5.41, 5.74) is 5.32. The van der Waals surface area contributed by atoms with E-state index in [0.29, 0.717) is 0 Å². The summed E-state index contributed by atoms with van der Waals surface area (Å²) in [5.74, 6) is 0.0709. The lowest BCUT2D eigenvalue weighted by molar-refractivity contribution is 0.412. The van der Waals surface area contributed by atoms with Crippen LogP contribution in [-0.4, -0.2) is 24.4 Å². The van der Waals surface area contributed by atoms with Crippen molar-refractivity contribution >= 4 is 16.0 Å². The van der Waals surface area contributed by atoms with Gasteiger partial charge in [-0.05, 0) is 12.8 Å². The third kappa shape index (κ3) is 3.13. The lowest BCUT2D eigenvalue weighted by Gasteiger charge is -2.22. The Labute approximate surface area is 101 Å². The van der Waals surface area contributed by atoms with E-state index in [1.807, 2.05) is 0 Å². The summed E-state index contributed by atoms with van der Waals surface area (Å²) in [4.78, 5) is 7.44. The Bertz CT molecular complexity index is 466. The third-order valence-electron chi connectivity index (χ3n) is 2.89. The summed E-state index contributed by atoms with van der Waals surface area (Å²) >= 11 is 0. The van der Waals surface area contributed by atoms with Crippen LogP contribution in [0.25, 0.3) is 0 Å². The van der Waals surface area contributed by atoms with Gasteiger partial charge < -0.3 is 5.73 Å². The van der Waals surface area contributed by atoms with Crippen molar-refractivity contribution in [1.29, 1.82) is 0 Å². The predicted octanol–water partition coefficient (Wildman–Crippen LogP) is 0.670. The molecule has 0 radical (unpaired) electrons. The van der Waals surface area contributed by atoms with Gasteiger partial charge in [-0.15, -0.1) is 0 Å². The Morgan fingerprint density at radius 2 is 1.76 bits per heavy atom. The van der Waals surface area contributed by atoms with Crippen molar-refractivity contribution in [2.45, 2.75) is 43.0 Å². The number of anilines is 1. The predicted molar refractivity (Wildman–Crippen MR) is 63.6 cm³/mol. The Morgan fingerprint density at radius 1 is 1.18 bits per heavy atom. The Morgan fingerprint density at radius 3 is 2.35 bits per heavy atom. The van der Waals surface area contributed by atoms with Crippen LogP contribution in [0.3, 0.4) is 0 Å². The lowest BCUT2D eigenvalue weighted by atomic mass is 9.96. The van der Waals surface area contributed by atoms with Gasteiger partial charge >= 0.3 is 0 Å². The van der Waals surface area contributed by atoms with Crippen LogP contribution >= 0.6 is 0 Å². The van der Waals surface area contributed by atoms with E-state index in [-0.39, 0.29) is 16.9 Å². The molecule has 94 valence electrons. The highest BCUT2D eigenvalue weighted by atomic mass is 32.2. The summed E-state index contributed by atoms with van der Waals surface area (Å²) in [6.45, 7) is 0. The fourth-order valence-electron chi connectivity index (χ4n) is 1.97. The molecule has 1 aromatic heterocycles. The molecule has 1 heterocycles. The van der Waals surface area contributed by atoms with Gasteiger partial charge in [-0.3, -0.25) is 0 Å². The van der Waals surface area contributed by atoms with Gasteiger partial charge in [0.05, 0.1) is 12.4 Å². The van der Waals surface area contributed by atoms with Crippen LogP contribution in [-0.2, 0) is 10.0 Å². The molecule has 6 nitrogen and oxygen atoms in total. The second kappa shape index (κ2) is 4.97. The van der Waals surface area contributed by atoms with E-state index in [1.165, 1.54) is 18.8 Å². The molecule has 17 heavy (non-hydrogen) atoms. The first-order valence-corrected chi connectivity index (χ1v) is 7.16. The minimum absolute atomic E-state index is 0.0336. The van der Waals surface area contributed by atoms with Gasteiger partial charge in [0.1, 0.15) is 4.90 Å². The zero-order chi connectivity index (χ0) is 12.3. The zero-order valence-electron chi connectivity index (χ0n) is 9.46. The number of aromatic nitrogens is 2. The Hall–Kier alpha value is -1.21. The number of rotatable bonds is 3. The minimum atomic E-state index is -3.51. The number of sulfonamides is 1. The van der Waals surface area contributed by atoms with Crippen molar-refractivity contribution in [2.24, 2.45) is 0 Å². The average molecular weight is 256 g/mol. The first-order valence-electron chi connectivity index (χ1n) is 5.68. The fraction of sp³-hybridized carbons (Fsp3) is 0.600. The number of nitrogens with two attached hydrogens (primary N) is 1. The van der Waals surface area contributed by atoms with Crippen LogP contribution in [0, 0.1) is 0 Å². The summed E-state index contributed by atoms with van der Waals surface area (Å²) in [7, 11) is -3.51. The molecule has 1 aliphatic carbocycles. The molecule has 0 aliphatic heterocycles. The van der Waals surface area contributed by atoms with Crippen molar-refractivity contribution in [3.8, 4) is 0 Å². The molecule has 0 spiro atoms. The van der Waals surface area contributed by atoms with Crippen LogP contribution in [0.5, 0.6) is 0 Å². The molecule has 0 unspecified atom stereocenters. The summed E-state index contributed by atoms with van der Waals surface area (Å²) in [6.07, 6.45) is 7.59. The Kier molecular flexibility index (Phi) is 3.58. The van der Waals surface area contributed by atoms with Crippen molar-refractivity contribution < 1.29 is 8.42 Å². The molecule has 0 atom stereocenters. The van der Waals surface area contributed by atoms with Crippen LogP contribution in [0.1, 0.15) is 32.1 Å². The van der Waals surface area contributed by atoms with Gasteiger partial charge in [0.2, 0.25) is 16.0 Å². The molecule has 0 amide bonds. The first kappa shape index (κ1) is 12.3. The maximum absolute atomic E-state index is 12.0. The molecule has 0 saturated heterocycles. The molecule has 2 rings (SSSR count). The van der Waals surface area contributed by atoms with E-state index < -0.39 is 10.0 Å². The van der Waals surface area contributed by atoms with Gasteiger partial charge in [0, 0.05) is 6.04 Å². The maximum Gasteiger partial charge on any atom is 0.243 e. The van der Waals surface area contributed by atoms with Crippen LogP contribution in [0.4, 0.5) is 5.95 Å². The molecule has 3 N–H and O–H groups in total. The zero-order valence-corrected chi connectivity index (χ0v) is 10.3. The van der Waals surface area contributed by atoms with E-state index in [1.54, 1.807) is 0 Å². The van der Waals surface area contributed by atoms with E-state index >= 15 is 0 Å². The molecule has 1 aliphatic rings. The number of nitrogens with one attached hydrogen (secondary N) is 1. The summed E-state index contributed by atoms with van der Waals surface area (Å²) < 4.78 is 26.6. The van der Waals surface area contributed by atoms with Crippen LogP contribution in [0.2, 0.25) is 0 Å². The quantitative estimate of drug-likeness (QED) is 0.828. The van der Waals surface area contributed by atoms with Crippen LogP contribution < -0.4 is 10.5 Å². The second-order valence-corrected chi connectivity index (χ2v) is 5.95. The van der Waals surface area contributed by atoms with Crippen molar-refractivity contribution in [1.82, 2.24) is 14.7 Å². The highest BCUT2D eigenvalue weighted by Crippen LogP contribution is 2.19. The molecular formula is C10H16N4O2S. The number of hydrogen-bond donors (Lipinski definition) is 2. The van der Waals surface area contributed by atoms with E-state index in [9.17, 15) is 8.42 Å². The standard InChI is InChI=1S/C10H16N4O2S/c11-10-12-6-9(7-13-10)17(15,16)14-8-4-2-1-3-5-8/h6-8,14H,1-5H2,(H2,11,12,13). The summed E-state index contributed by atoms with van der Waals surface area (Å²) in [5, 5.41) is 0. The Balaban J connectivity index is 2.10. The lowest BCUT2D eigenvalue weighted by Crippen LogP contribution is -2.36. The smallest absolute Gasteiger partial charge is 0.243 e. The monoisotopic (exact) mass is 256 g/mol. The van der Waals surface area contributed by atoms with E-state index in [2.05, 4.69) is 14.7 Å². The molecule has 1 aromatic rings. The van der Waals surface area contributed by atoms with Gasteiger partial charge in [-0.25, -0.2) is 23.1 Å². The van der Waals surface area contributed by atoms with Crippen molar-refractivity contribution in [3.63, 3.8) is 0 Å². The number of nitrogens with zero attached hydrogens (tertiary/aromatic N) is 2. The second-order valence-electron chi connectivity index (χ2n) is 4.23. The topological polar surface area (TPSA) is 98.0 Å². The molecule has 1 saturated carbocycles. The molecular weight excluding hydrogens is 240 g/mol. The fourth-order valence-corrected chi connectivity index (χ4v) is 3.17. The third-order valence-corrected chi connectivity index (χ3v) is 4.36. The molecule has 1 fully saturated rings. The maximum atomic E-state index is 12.0. The highest BCUT2D eigenvalue weighted by Gasteiger charge is 2.22. The van der Waals surface area contributed by atoms with Gasteiger partial charge in [-0.1, -0.05) is 19.3 Å². The normalized spacial score (nSPS) is 18.1. The van der Waals surface area contributed by atoms with Crippen molar-refractivity contribution in [2.75, 3.05) is 5.73 Å². The number of nitrogen functional groups attached to an aromatic ring is 1. The van der Waals surface area contributed by atoms with Gasteiger partial charge in [0.15, 0.2) is 0 Å². The van der Waals surface area contributed by atoms with Crippen molar-refractivity contribution in [3.05, 3.63) is 12.4 Å². The molecule has 7 heteroatoms. The van der Waals surface area contributed by atoms with E-state index in [4.69, 9.17) is 5.73 Å². The van der Waals surface area contributed by atoms with Crippen LogP contribution in [0.15, 0.2) is 17.3 Å².